The lowest BCUT2D eigenvalue weighted by atomic mass is 10.2. The molecule has 5 heterocycles. The van der Waals surface area contributed by atoms with Crippen LogP contribution in [0.15, 0.2) is 24.7 Å². The molecule has 1 atom stereocenters. The second-order valence-corrected chi connectivity index (χ2v) is 12.3. The lowest BCUT2D eigenvalue weighted by Crippen LogP contribution is -2.49. The van der Waals surface area contributed by atoms with Crippen molar-refractivity contribution in [2.75, 3.05) is 59.4 Å². The van der Waals surface area contributed by atoms with Crippen molar-refractivity contribution in [3.05, 3.63) is 30.4 Å². The highest BCUT2D eigenvalue weighted by molar-refractivity contribution is 7.88. The molecular formula is C23H28F2N12O3S. The molecule has 18 heteroatoms. The zero-order valence-electron chi connectivity index (χ0n) is 22.0. The van der Waals surface area contributed by atoms with Crippen LogP contribution in [-0.4, -0.2) is 105 Å². The molecule has 6 rings (SSSR count). The number of hydrogen-bond donors (Lipinski definition) is 3. The minimum Gasteiger partial charge on any atom is -0.338 e. The molecule has 3 N–H and O–H groups in total. The topological polar surface area (TPSA) is 178 Å². The zero-order chi connectivity index (χ0) is 28.8. The van der Waals surface area contributed by atoms with E-state index in [0.29, 0.717) is 11.7 Å². The molecule has 1 aliphatic carbocycles. The Kier molecular flexibility index (Phi) is 6.88. The van der Waals surface area contributed by atoms with Crippen molar-refractivity contribution in [1.82, 2.24) is 39.4 Å². The van der Waals surface area contributed by atoms with Crippen LogP contribution in [0.4, 0.5) is 38.3 Å². The Morgan fingerprint density at radius 2 is 1.85 bits per heavy atom. The number of rotatable bonds is 8. The van der Waals surface area contributed by atoms with Gasteiger partial charge in [-0.1, -0.05) is 0 Å². The van der Waals surface area contributed by atoms with Crippen LogP contribution in [0.5, 0.6) is 0 Å². The van der Waals surface area contributed by atoms with Crippen LogP contribution in [0.25, 0.3) is 0 Å². The van der Waals surface area contributed by atoms with Gasteiger partial charge >= 0.3 is 0 Å². The van der Waals surface area contributed by atoms with Gasteiger partial charge in [-0.2, -0.15) is 24.4 Å². The summed E-state index contributed by atoms with van der Waals surface area (Å²) >= 11 is 0. The van der Waals surface area contributed by atoms with Gasteiger partial charge in [0.05, 0.1) is 24.7 Å². The molecule has 3 aromatic rings. The molecule has 218 valence electrons. The van der Waals surface area contributed by atoms with Gasteiger partial charge in [0, 0.05) is 57.0 Å². The van der Waals surface area contributed by atoms with E-state index in [0.717, 1.165) is 29.7 Å². The van der Waals surface area contributed by atoms with Crippen molar-refractivity contribution < 1.29 is 22.0 Å². The van der Waals surface area contributed by atoms with Gasteiger partial charge in [-0.3, -0.25) is 14.9 Å². The van der Waals surface area contributed by atoms with Gasteiger partial charge in [-0.15, -0.1) is 0 Å². The molecule has 0 unspecified atom stereocenters. The molecule has 3 aliphatic rings. The predicted molar refractivity (Wildman–Crippen MR) is 144 cm³/mol. The number of halogens is 2. The Morgan fingerprint density at radius 3 is 2.54 bits per heavy atom. The molecule has 1 amide bonds. The van der Waals surface area contributed by atoms with Crippen LogP contribution in [0.1, 0.15) is 30.9 Å². The molecule has 3 aromatic heterocycles. The second kappa shape index (κ2) is 10.4. The summed E-state index contributed by atoms with van der Waals surface area (Å²) in [6.45, 7) is 0.182. The van der Waals surface area contributed by atoms with E-state index in [1.54, 1.807) is 4.90 Å². The minimum atomic E-state index is -3.37. The maximum Gasteiger partial charge on any atom is 0.267 e. The zero-order valence-corrected chi connectivity index (χ0v) is 22.9. The van der Waals surface area contributed by atoms with Crippen molar-refractivity contribution in [3.8, 4) is 0 Å². The number of amides is 1. The number of H-pyrrole nitrogens is 1. The normalized spacial score (nSPS) is 21.2. The summed E-state index contributed by atoms with van der Waals surface area (Å²) in [4.78, 5) is 37.3. The van der Waals surface area contributed by atoms with Crippen LogP contribution < -0.4 is 20.4 Å². The largest absolute Gasteiger partial charge is 0.338 e. The Morgan fingerprint density at radius 1 is 1.10 bits per heavy atom. The summed E-state index contributed by atoms with van der Waals surface area (Å²) in [7, 11) is -3.37. The second-order valence-electron chi connectivity index (χ2n) is 10.3. The number of nitrogens with zero attached hydrogens (tertiary/aromatic N) is 9. The third-order valence-electron chi connectivity index (χ3n) is 7.09. The van der Waals surface area contributed by atoms with Crippen molar-refractivity contribution in [2.24, 2.45) is 0 Å². The van der Waals surface area contributed by atoms with E-state index in [1.807, 2.05) is 6.07 Å². The lowest BCUT2D eigenvalue weighted by molar-refractivity contribution is -0.118. The highest BCUT2D eigenvalue weighted by Crippen LogP contribution is 2.40. The maximum atomic E-state index is 14.7. The SMILES string of the molecule is CS(=O)(=O)N1CCN(c2nc(Nc3cc(C4CC4)n[nH]3)nc(N3CC(F)(F)C[C@H]3C(=O)Nc3cnccn3)n2)CC1. The standard InChI is InChI=1S/C23H28F2N12O3S/c1-41(39,40)36-8-6-35(7-9-36)21-30-20(29-17-10-15(33-34-17)14-2-3-14)31-22(32-21)37-13-23(24,25)11-16(37)19(38)28-18-12-26-4-5-27-18/h4-5,10,12,14,16H,2-3,6-9,11,13H2,1H3,(H,27,28,38)(H2,29,30,31,32,33,34)/t16-/m0/s1. The Balaban J connectivity index is 1.31. The molecule has 15 nitrogen and oxygen atoms in total. The number of nitrogens with one attached hydrogen (secondary N) is 3. The van der Waals surface area contributed by atoms with E-state index in [9.17, 15) is 22.0 Å². The van der Waals surface area contributed by atoms with Crippen LogP contribution in [0, 0.1) is 0 Å². The number of hydrogen-bond acceptors (Lipinski definition) is 12. The van der Waals surface area contributed by atoms with E-state index in [1.165, 1.54) is 22.9 Å². The van der Waals surface area contributed by atoms with Crippen molar-refractivity contribution >= 4 is 45.4 Å². The third kappa shape index (κ3) is 6.17. The molecular weight excluding hydrogens is 562 g/mol. The number of alkyl halides is 2. The van der Waals surface area contributed by atoms with E-state index >= 15 is 0 Å². The smallest absolute Gasteiger partial charge is 0.267 e. The van der Waals surface area contributed by atoms with E-state index in [2.05, 4.69) is 45.8 Å². The summed E-state index contributed by atoms with van der Waals surface area (Å²) < 4.78 is 54.8. The van der Waals surface area contributed by atoms with Gasteiger partial charge in [0.1, 0.15) is 11.9 Å². The predicted octanol–water partition coefficient (Wildman–Crippen LogP) is 0.940. The van der Waals surface area contributed by atoms with Crippen LogP contribution in [0.3, 0.4) is 0 Å². The fourth-order valence-corrected chi connectivity index (χ4v) is 5.67. The van der Waals surface area contributed by atoms with Crippen LogP contribution in [0.2, 0.25) is 0 Å². The molecule has 0 radical (unpaired) electrons. The van der Waals surface area contributed by atoms with Crippen molar-refractivity contribution in [3.63, 3.8) is 0 Å². The molecule has 1 saturated carbocycles. The number of piperazine rings is 1. The molecule has 2 aliphatic heterocycles. The average molecular weight is 591 g/mol. The van der Waals surface area contributed by atoms with Crippen LogP contribution >= 0.6 is 0 Å². The number of anilines is 5. The fourth-order valence-electron chi connectivity index (χ4n) is 4.84. The minimum absolute atomic E-state index is 0.0600. The number of carbonyl (C=O) groups excluding carboxylic acids is 1. The number of sulfonamides is 1. The molecule has 0 aromatic carbocycles. The van der Waals surface area contributed by atoms with E-state index in [-0.39, 0.29) is 49.8 Å². The molecule has 0 bridgehead atoms. The number of aromatic amines is 1. The number of aromatic nitrogens is 7. The van der Waals surface area contributed by atoms with Gasteiger partial charge in [0.25, 0.3) is 5.92 Å². The molecule has 0 spiro atoms. The quantitative estimate of drug-likeness (QED) is 0.339. The first kappa shape index (κ1) is 27.1. The summed E-state index contributed by atoms with van der Waals surface area (Å²) in [5, 5.41) is 12.8. The van der Waals surface area contributed by atoms with E-state index in [4.69, 9.17) is 0 Å². The third-order valence-corrected chi connectivity index (χ3v) is 8.39. The number of carbonyl (C=O) groups is 1. The first-order chi connectivity index (χ1) is 19.5. The Labute approximate surface area is 233 Å². The highest BCUT2D eigenvalue weighted by Gasteiger charge is 2.49. The lowest BCUT2D eigenvalue weighted by Gasteiger charge is -2.33. The van der Waals surface area contributed by atoms with Crippen LogP contribution in [-0.2, 0) is 14.8 Å². The summed E-state index contributed by atoms with van der Waals surface area (Å²) in [5.74, 6) is -2.75. The first-order valence-electron chi connectivity index (χ1n) is 13.0. The monoisotopic (exact) mass is 590 g/mol. The fraction of sp³-hybridized carbons (Fsp3) is 0.522. The average Bonchev–Trinajstić information content (AvgIpc) is 3.59. The summed E-state index contributed by atoms with van der Waals surface area (Å²) in [6.07, 6.45) is 6.63. The van der Waals surface area contributed by atoms with E-state index < -0.39 is 40.9 Å². The van der Waals surface area contributed by atoms with Gasteiger partial charge in [-0.25, -0.2) is 22.2 Å². The van der Waals surface area contributed by atoms with Gasteiger partial charge < -0.3 is 20.4 Å². The Hall–Kier alpha value is -4.06. The molecule has 3 fully saturated rings. The first-order valence-corrected chi connectivity index (χ1v) is 14.9. The molecule has 2 saturated heterocycles. The van der Waals surface area contributed by atoms with Crippen molar-refractivity contribution in [1.29, 1.82) is 0 Å². The van der Waals surface area contributed by atoms with Gasteiger partial charge in [0.15, 0.2) is 5.82 Å². The van der Waals surface area contributed by atoms with Gasteiger partial charge in [0.2, 0.25) is 33.8 Å². The molecule has 41 heavy (non-hydrogen) atoms. The highest BCUT2D eigenvalue weighted by atomic mass is 32.2. The van der Waals surface area contributed by atoms with Gasteiger partial charge in [-0.05, 0) is 12.8 Å². The maximum absolute atomic E-state index is 14.7. The van der Waals surface area contributed by atoms with Crippen molar-refractivity contribution in [2.45, 2.75) is 37.1 Å². The summed E-state index contributed by atoms with van der Waals surface area (Å²) in [5.41, 5.74) is 0.902. The Bertz CT molecular complexity index is 1530. The summed E-state index contributed by atoms with van der Waals surface area (Å²) in [6, 6.07) is 0.540.